The minimum absolute atomic E-state index is 0.169. The Balaban J connectivity index is 1.52. The maximum Gasteiger partial charge on any atom is 0.425 e. The number of alkyl halides is 3. The number of fused-ring (bicyclic) bond motifs is 2. The molecule has 2 aliphatic rings. The molecule has 3 heterocycles. The van der Waals surface area contributed by atoms with Crippen LogP contribution >= 0.6 is 0 Å². The van der Waals surface area contributed by atoms with Gasteiger partial charge in [0.25, 0.3) is 11.8 Å². The number of nitrogens with one attached hydrogen (secondary N) is 2. The number of ether oxygens (including phenoxy) is 2. The van der Waals surface area contributed by atoms with Crippen molar-refractivity contribution in [2.75, 3.05) is 17.2 Å². The number of amides is 2. The lowest BCUT2D eigenvalue weighted by Crippen LogP contribution is -2.32. The zero-order chi connectivity index (χ0) is 27.2. The number of benzene rings is 2. The maximum absolute atomic E-state index is 15.3. The molecular weight excluding hydrogens is 514 g/mol. The first-order valence-corrected chi connectivity index (χ1v) is 11.7. The standard InChI is InChI=1S/C24H21F4N5O5/c1-12(24(26,27)28)38-18-10-17(33-23(36)32-7-3-2-4-20(32)31-33)15(25)9-14(18)22(35)29-13-5-6-16-19(8-13)37-11-21(34)30-16/h5-6,8-10,12H,2-4,7,11H2,1H3,(H,29,35)(H,30,34)/t12-/m0/s1. The SMILES string of the molecule is C[C@H](Oc1cc(-n2nc3n(c2=O)CCCC3)c(F)cc1C(=O)Nc1ccc2c(c1)OCC(=O)N2)C(F)(F)F. The van der Waals surface area contributed by atoms with Crippen LogP contribution in [0.2, 0.25) is 0 Å². The Bertz CT molecular complexity index is 1500. The van der Waals surface area contributed by atoms with Crippen LogP contribution in [0.3, 0.4) is 0 Å². The molecule has 0 spiro atoms. The van der Waals surface area contributed by atoms with Crippen molar-refractivity contribution >= 4 is 23.2 Å². The van der Waals surface area contributed by atoms with Gasteiger partial charge in [-0.15, -0.1) is 5.10 Å². The van der Waals surface area contributed by atoms with Gasteiger partial charge in [0.2, 0.25) is 0 Å². The van der Waals surface area contributed by atoms with Crippen molar-refractivity contribution in [3.63, 3.8) is 0 Å². The summed E-state index contributed by atoms with van der Waals surface area (Å²) in [7, 11) is 0. The Morgan fingerprint density at radius 3 is 2.74 bits per heavy atom. The van der Waals surface area contributed by atoms with Crippen LogP contribution < -0.4 is 25.8 Å². The Kier molecular flexibility index (Phi) is 6.33. The average molecular weight is 535 g/mol. The first kappa shape index (κ1) is 25.3. The number of rotatable bonds is 5. The van der Waals surface area contributed by atoms with E-state index in [4.69, 9.17) is 9.47 Å². The maximum atomic E-state index is 15.3. The number of carbonyl (C=O) groups is 2. The summed E-state index contributed by atoms with van der Waals surface area (Å²) in [6.45, 7) is 0.890. The van der Waals surface area contributed by atoms with Gasteiger partial charge in [0.05, 0.1) is 11.3 Å². The number of aryl methyl sites for hydroxylation is 1. The second-order valence-corrected chi connectivity index (χ2v) is 8.82. The molecule has 2 aromatic carbocycles. The molecular formula is C24H21F4N5O5. The molecule has 0 bridgehead atoms. The van der Waals surface area contributed by atoms with E-state index >= 15 is 4.39 Å². The molecule has 0 radical (unpaired) electrons. The largest absolute Gasteiger partial charge is 0.482 e. The van der Waals surface area contributed by atoms with Crippen LogP contribution in [0.25, 0.3) is 5.69 Å². The number of nitrogens with zero attached hydrogens (tertiary/aromatic N) is 3. The molecule has 1 atom stereocenters. The van der Waals surface area contributed by atoms with Crippen LogP contribution in [0.15, 0.2) is 35.1 Å². The van der Waals surface area contributed by atoms with Crippen molar-refractivity contribution in [2.45, 2.75) is 45.0 Å². The number of carbonyl (C=O) groups excluding carboxylic acids is 2. The average Bonchev–Trinajstić information content (AvgIpc) is 3.20. The highest BCUT2D eigenvalue weighted by atomic mass is 19.4. The Morgan fingerprint density at radius 1 is 1.21 bits per heavy atom. The molecule has 0 fully saturated rings. The third kappa shape index (κ3) is 4.80. The van der Waals surface area contributed by atoms with E-state index in [1.165, 1.54) is 22.8 Å². The molecule has 14 heteroatoms. The molecule has 3 aromatic rings. The van der Waals surface area contributed by atoms with Gasteiger partial charge in [-0.3, -0.25) is 14.2 Å². The summed E-state index contributed by atoms with van der Waals surface area (Å²) in [6.07, 6.45) is -5.12. The van der Waals surface area contributed by atoms with Gasteiger partial charge in [-0.05, 0) is 38.0 Å². The third-order valence-electron chi connectivity index (χ3n) is 6.13. The summed E-state index contributed by atoms with van der Waals surface area (Å²) in [5, 5.41) is 9.19. The highest BCUT2D eigenvalue weighted by Gasteiger charge is 2.39. The zero-order valence-corrected chi connectivity index (χ0v) is 19.9. The Hall–Kier alpha value is -4.36. The normalized spacial score (nSPS) is 15.6. The lowest BCUT2D eigenvalue weighted by molar-refractivity contribution is -0.189. The van der Waals surface area contributed by atoms with E-state index in [1.54, 1.807) is 0 Å². The van der Waals surface area contributed by atoms with Gasteiger partial charge in [0.15, 0.2) is 12.7 Å². The van der Waals surface area contributed by atoms with E-state index in [-0.39, 0.29) is 24.0 Å². The number of aromatic nitrogens is 3. The molecule has 38 heavy (non-hydrogen) atoms. The fourth-order valence-corrected chi connectivity index (χ4v) is 4.14. The summed E-state index contributed by atoms with van der Waals surface area (Å²) < 4.78 is 67.7. The van der Waals surface area contributed by atoms with Crippen LogP contribution in [0.1, 0.15) is 35.9 Å². The van der Waals surface area contributed by atoms with E-state index in [0.29, 0.717) is 30.5 Å². The molecule has 0 saturated carbocycles. The molecule has 0 unspecified atom stereocenters. The summed E-state index contributed by atoms with van der Waals surface area (Å²) in [5.41, 5.74) is -1.10. The van der Waals surface area contributed by atoms with Crippen molar-refractivity contribution in [3.05, 3.63) is 58.0 Å². The fraction of sp³-hybridized carbons (Fsp3) is 0.333. The van der Waals surface area contributed by atoms with Crippen molar-refractivity contribution < 1.29 is 36.6 Å². The number of hydrogen-bond donors (Lipinski definition) is 2. The van der Waals surface area contributed by atoms with Crippen LogP contribution in [0.5, 0.6) is 11.5 Å². The first-order chi connectivity index (χ1) is 18.0. The zero-order valence-electron chi connectivity index (χ0n) is 19.9. The molecule has 2 N–H and O–H groups in total. The summed E-state index contributed by atoms with van der Waals surface area (Å²) in [4.78, 5) is 37.3. The van der Waals surface area contributed by atoms with Crippen molar-refractivity contribution in [1.29, 1.82) is 0 Å². The van der Waals surface area contributed by atoms with E-state index in [9.17, 15) is 27.6 Å². The smallest absolute Gasteiger partial charge is 0.425 e. The summed E-state index contributed by atoms with van der Waals surface area (Å²) in [5.74, 6) is -2.30. The van der Waals surface area contributed by atoms with Crippen LogP contribution in [0.4, 0.5) is 28.9 Å². The first-order valence-electron chi connectivity index (χ1n) is 11.7. The Morgan fingerprint density at radius 2 is 2.00 bits per heavy atom. The van der Waals surface area contributed by atoms with E-state index in [2.05, 4.69) is 15.7 Å². The van der Waals surface area contributed by atoms with E-state index < -0.39 is 46.7 Å². The highest BCUT2D eigenvalue weighted by Crippen LogP contribution is 2.33. The van der Waals surface area contributed by atoms with Crippen molar-refractivity contribution in [1.82, 2.24) is 14.3 Å². The third-order valence-corrected chi connectivity index (χ3v) is 6.13. The Labute approximate surface area is 212 Å². The van der Waals surface area contributed by atoms with Crippen LogP contribution in [-0.4, -0.2) is 45.0 Å². The molecule has 2 amide bonds. The molecule has 2 aliphatic heterocycles. The second-order valence-electron chi connectivity index (χ2n) is 8.82. The quantitative estimate of drug-likeness (QED) is 0.484. The summed E-state index contributed by atoms with van der Waals surface area (Å²) >= 11 is 0. The lowest BCUT2D eigenvalue weighted by Gasteiger charge is -2.21. The molecule has 0 aliphatic carbocycles. The van der Waals surface area contributed by atoms with Gasteiger partial charge in [-0.25, -0.2) is 9.18 Å². The molecule has 10 nitrogen and oxygen atoms in total. The minimum Gasteiger partial charge on any atom is -0.482 e. The van der Waals surface area contributed by atoms with Crippen molar-refractivity contribution in [3.8, 4) is 17.2 Å². The molecule has 0 saturated heterocycles. The molecule has 200 valence electrons. The highest BCUT2D eigenvalue weighted by molar-refractivity contribution is 6.07. The van der Waals surface area contributed by atoms with Gasteiger partial charge in [0, 0.05) is 30.8 Å². The van der Waals surface area contributed by atoms with Gasteiger partial charge in [0.1, 0.15) is 28.8 Å². The number of hydrogen-bond acceptors (Lipinski definition) is 6. The van der Waals surface area contributed by atoms with E-state index in [1.807, 2.05) is 0 Å². The second kappa shape index (κ2) is 9.50. The predicted octanol–water partition coefficient (Wildman–Crippen LogP) is 3.42. The molecule has 1 aromatic heterocycles. The summed E-state index contributed by atoms with van der Waals surface area (Å²) in [6, 6.07) is 5.83. The van der Waals surface area contributed by atoms with Gasteiger partial charge >= 0.3 is 11.9 Å². The molecule has 5 rings (SSSR count). The fourth-order valence-electron chi connectivity index (χ4n) is 4.14. The van der Waals surface area contributed by atoms with Gasteiger partial charge in [-0.2, -0.15) is 17.9 Å². The number of anilines is 2. The minimum atomic E-state index is -4.78. The van der Waals surface area contributed by atoms with Gasteiger partial charge in [-0.1, -0.05) is 0 Å². The van der Waals surface area contributed by atoms with Crippen LogP contribution in [-0.2, 0) is 17.8 Å². The lowest BCUT2D eigenvalue weighted by atomic mass is 10.1. The van der Waals surface area contributed by atoms with Crippen LogP contribution in [0, 0.1) is 5.82 Å². The van der Waals surface area contributed by atoms with Gasteiger partial charge < -0.3 is 20.1 Å². The monoisotopic (exact) mass is 535 g/mol. The van der Waals surface area contributed by atoms with Crippen molar-refractivity contribution in [2.24, 2.45) is 0 Å². The number of halogens is 4. The predicted molar refractivity (Wildman–Crippen MR) is 125 cm³/mol. The topological polar surface area (TPSA) is 116 Å². The van der Waals surface area contributed by atoms with E-state index in [0.717, 1.165) is 30.5 Å².